The minimum absolute atomic E-state index is 0.187. The summed E-state index contributed by atoms with van der Waals surface area (Å²) in [6.45, 7) is 3.04. The van der Waals surface area contributed by atoms with Gasteiger partial charge in [-0.1, -0.05) is 0 Å². The zero-order valence-electron chi connectivity index (χ0n) is 15.7. The molecular formula is C20H20F3N3O3. The number of rotatable bonds is 6. The number of ether oxygens (including phenoxy) is 1. The third-order valence-corrected chi connectivity index (χ3v) is 4.38. The van der Waals surface area contributed by atoms with Gasteiger partial charge < -0.3 is 15.0 Å². The van der Waals surface area contributed by atoms with Gasteiger partial charge >= 0.3 is 12.2 Å². The lowest BCUT2D eigenvalue weighted by Crippen LogP contribution is -2.37. The van der Waals surface area contributed by atoms with Gasteiger partial charge in [0.25, 0.3) is 0 Å². The molecule has 1 heterocycles. The molecule has 0 atom stereocenters. The summed E-state index contributed by atoms with van der Waals surface area (Å²) in [5.74, 6) is 0.224. The van der Waals surface area contributed by atoms with E-state index < -0.39 is 17.6 Å². The number of halogens is 3. The number of anilines is 2. The summed E-state index contributed by atoms with van der Waals surface area (Å²) in [5.41, 5.74) is 0.137. The predicted molar refractivity (Wildman–Crippen MR) is 102 cm³/mol. The molecule has 1 N–H and O–H groups in total. The average molecular weight is 407 g/mol. The molecule has 2 aromatic carbocycles. The average Bonchev–Trinajstić information content (AvgIpc) is 3.03. The number of carbonyl (C=O) groups is 2. The van der Waals surface area contributed by atoms with Crippen molar-refractivity contribution in [2.24, 2.45) is 0 Å². The maximum atomic E-state index is 12.6. The van der Waals surface area contributed by atoms with Crippen LogP contribution in [-0.4, -0.2) is 43.1 Å². The Bertz CT molecular complexity index is 867. The van der Waals surface area contributed by atoms with Crippen molar-refractivity contribution >= 4 is 23.3 Å². The lowest BCUT2D eigenvalue weighted by Gasteiger charge is -2.19. The van der Waals surface area contributed by atoms with E-state index in [4.69, 9.17) is 4.74 Å². The van der Waals surface area contributed by atoms with Crippen LogP contribution in [-0.2, 0) is 11.0 Å². The number of benzene rings is 2. The van der Waals surface area contributed by atoms with Gasteiger partial charge in [0, 0.05) is 24.5 Å². The van der Waals surface area contributed by atoms with Crippen molar-refractivity contribution in [2.45, 2.75) is 13.1 Å². The Morgan fingerprint density at radius 2 is 1.72 bits per heavy atom. The number of nitrogens with one attached hydrogen (secondary N) is 1. The highest BCUT2D eigenvalue weighted by Gasteiger charge is 2.31. The Balaban J connectivity index is 1.56. The standard InChI is InChI=1S/C20H20F3N3O3/c1-2-29-17-9-7-16(8-10-17)26-12-11-25(19(26)28)13-18(27)24-15-5-3-14(4-6-15)20(21,22)23/h3-10H,2,11-13H2,1H3,(H,24,27). The van der Waals surface area contributed by atoms with E-state index >= 15 is 0 Å². The van der Waals surface area contributed by atoms with Gasteiger partial charge in [0.05, 0.1) is 12.2 Å². The maximum Gasteiger partial charge on any atom is 0.416 e. The van der Waals surface area contributed by atoms with E-state index in [0.717, 1.165) is 12.1 Å². The van der Waals surface area contributed by atoms with Crippen molar-refractivity contribution in [3.8, 4) is 5.75 Å². The number of hydrogen-bond acceptors (Lipinski definition) is 3. The third-order valence-electron chi connectivity index (χ3n) is 4.38. The van der Waals surface area contributed by atoms with E-state index in [1.807, 2.05) is 6.92 Å². The van der Waals surface area contributed by atoms with Crippen LogP contribution in [0.15, 0.2) is 48.5 Å². The summed E-state index contributed by atoms with van der Waals surface area (Å²) in [5, 5.41) is 2.51. The Morgan fingerprint density at radius 3 is 2.31 bits per heavy atom. The summed E-state index contributed by atoms with van der Waals surface area (Å²) >= 11 is 0. The van der Waals surface area contributed by atoms with E-state index in [-0.39, 0.29) is 18.3 Å². The lowest BCUT2D eigenvalue weighted by atomic mass is 10.2. The fourth-order valence-corrected chi connectivity index (χ4v) is 2.97. The number of nitrogens with zero attached hydrogens (tertiary/aromatic N) is 2. The normalized spacial score (nSPS) is 14.3. The smallest absolute Gasteiger partial charge is 0.416 e. The number of hydrogen-bond donors (Lipinski definition) is 1. The largest absolute Gasteiger partial charge is 0.494 e. The highest BCUT2D eigenvalue weighted by Crippen LogP contribution is 2.30. The Kier molecular flexibility index (Phi) is 5.95. The summed E-state index contributed by atoms with van der Waals surface area (Å²) in [7, 11) is 0. The topological polar surface area (TPSA) is 61.9 Å². The molecule has 3 amide bonds. The van der Waals surface area contributed by atoms with Gasteiger partial charge in [0.2, 0.25) is 5.91 Å². The van der Waals surface area contributed by atoms with Gasteiger partial charge in [-0.15, -0.1) is 0 Å². The molecule has 1 saturated heterocycles. The van der Waals surface area contributed by atoms with Crippen molar-refractivity contribution < 1.29 is 27.5 Å². The summed E-state index contributed by atoms with van der Waals surface area (Å²) in [4.78, 5) is 27.7. The fraction of sp³-hybridized carbons (Fsp3) is 0.300. The van der Waals surface area contributed by atoms with Crippen LogP contribution >= 0.6 is 0 Å². The minimum Gasteiger partial charge on any atom is -0.494 e. The fourth-order valence-electron chi connectivity index (χ4n) is 2.97. The van der Waals surface area contributed by atoms with Crippen LogP contribution in [0.25, 0.3) is 0 Å². The van der Waals surface area contributed by atoms with Crippen LogP contribution in [0.1, 0.15) is 12.5 Å². The molecule has 1 fully saturated rings. The second-order valence-electron chi connectivity index (χ2n) is 6.41. The molecule has 3 rings (SSSR count). The van der Waals surface area contributed by atoms with Crippen molar-refractivity contribution in [1.82, 2.24) is 4.90 Å². The molecule has 2 aromatic rings. The van der Waals surface area contributed by atoms with E-state index in [1.54, 1.807) is 29.2 Å². The van der Waals surface area contributed by atoms with Gasteiger partial charge in [-0.25, -0.2) is 4.79 Å². The highest BCUT2D eigenvalue weighted by atomic mass is 19.4. The predicted octanol–water partition coefficient (Wildman–Crippen LogP) is 3.98. The Labute approximate surface area is 165 Å². The van der Waals surface area contributed by atoms with E-state index in [2.05, 4.69) is 5.32 Å². The molecule has 0 unspecified atom stereocenters. The van der Waals surface area contributed by atoms with Crippen molar-refractivity contribution in [3.63, 3.8) is 0 Å². The zero-order valence-corrected chi connectivity index (χ0v) is 15.7. The second kappa shape index (κ2) is 8.42. The molecule has 0 radical (unpaired) electrons. The molecule has 0 aliphatic carbocycles. The molecule has 0 spiro atoms. The molecule has 0 bridgehead atoms. The number of alkyl halides is 3. The number of amides is 3. The van der Waals surface area contributed by atoms with Gasteiger partial charge in [-0.3, -0.25) is 9.69 Å². The van der Waals surface area contributed by atoms with E-state index in [9.17, 15) is 22.8 Å². The number of urea groups is 1. The van der Waals surface area contributed by atoms with Gasteiger partial charge in [0.15, 0.2) is 0 Å². The molecule has 1 aliphatic rings. The van der Waals surface area contributed by atoms with Crippen molar-refractivity contribution in [3.05, 3.63) is 54.1 Å². The van der Waals surface area contributed by atoms with Crippen LogP contribution in [0.4, 0.5) is 29.3 Å². The first-order valence-electron chi connectivity index (χ1n) is 9.04. The van der Waals surface area contributed by atoms with E-state index in [0.29, 0.717) is 31.1 Å². The second-order valence-corrected chi connectivity index (χ2v) is 6.41. The van der Waals surface area contributed by atoms with Crippen LogP contribution in [0.3, 0.4) is 0 Å². The minimum atomic E-state index is -4.44. The van der Waals surface area contributed by atoms with Crippen molar-refractivity contribution in [1.29, 1.82) is 0 Å². The molecule has 0 aromatic heterocycles. The zero-order chi connectivity index (χ0) is 21.0. The molecular weight excluding hydrogens is 387 g/mol. The molecule has 29 heavy (non-hydrogen) atoms. The quantitative estimate of drug-likeness (QED) is 0.788. The maximum absolute atomic E-state index is 12.6. The Morgan fingerprint density at radius 1 is 1.07 bits per heavy atom. The monoisotopic (exact) mass is 407 g/mol. The summed E-state index contributed by atoms with van der Waals surface area (Å²) < 4.78 is 43.1. The first kappa shape index (κ1) is 20.5. The third kappa shape index (κ3) is 4.98. The highest BCUT2D eigenvalue weighted by molar-refractivity contribution is 5.99. The summed E-state index contributed by atoms with van der Waals surface area (Å²) in [6.07, 6.45) is -4.44. The Hall–Kier alpha value is -3.23. The molecule has 9 heteroatoms. The first-order chi connectivity index (χ1) is 13.8. The first-order valence-corrected chi connectivity index (χ1v) is 9.04. The van der Waals surface area contributed by atoms with Crippen molar-refractivity contribution in [2.75, 3.05) is 36.5 Å². The molecule has 0 saturated carbocycles. The van der Waals surface area contributed by atoms with Crippen LogP contribution in [0.5, 0.6) is 5.75 Å². The van der Waals surface area contributed by atoms with Gasteiger partial charge in [0.1, 0.15) is 12.3 Å². The SMILES string of the molecule is CCOc1ccc(N2CCN(CC(=O)Nc3ccc(C(F)(F)F)cc3)C2=O)cc1. The van der Waals surface area contributed by atoms with Gasteiger partial charge in [-0.2, -0.15) is 13.2 Å². The van der Waals surface area contributed by atoms with Gasteiger partial charge in [-0.05, 0) is 55.5 Å². The molecule has 6 nitrogen and oxygen atoms in total. The molecule has 1 aliphatic heterocycles. The van der Waals surface area contributed by atoms with Crippen LogP contribution in [0.2, 0.25) is 0 Å². The summed E-state index contributed by atoms with van der Waals surface area (Å²) in [6, 6.07) is 10.9. The van der Waals surface area contributed by atoms with Crippen LogP contribution in [0, 0.1) is 0 Å². The van der Waals surface area contributed by atoms with Crippen LogP contribution < -0.4 is 15.0 Å². The number of carbonyl (C=O) groups excluding carboxylic acids is 2. The lowest BCUT2D eigenvalue weighted by molar-refractivity contribution is -0.137. The van der Waals surface area contributed by atoms with E-state index in [1.165, 1.54) is 17.0 Å². The molecule has 154 valence electrons.